The van der Waals surface area contributed by atoms with Gasteiger partial charge in [0.2, 0.25) is 0 Å². The number of allylic oxidation sites excluding steroid dienone is 1. The molecule has 0 N–H and O–H groups in total. The van der Waals surface area contributed by atoms with Crippen molar-refractivity contribution in [1.29, 1.82) is 5.26 Å². The smallest absolute Gasteiger partial charge is 0.148 e. The third-order valence-electron chi connectivity index (χ3n) is 4.14. The van der Waals surface area contributed by atoms with E-state index in [-0.39, 0.29) is 0 Å². The lowest BCUT2D eigenvalue weighted by molar-refractivity contribution is 0.678. The number of hydrogen-bond acceptors (Lipinski definition) is 2. The van der Waals surface area contributed by atoms with Gasteiger partial charge < -0.3 is 0 Å². The van der Waals surface area contributed by atoms with Crippen LogP contribution >= 0.6 is 0 Å². The van der Waals surface area contributed by atoms with Crippen molar-refractivity contribution in [2.24, 2.45) is 0 Å². The highest BCUT2D eigenvalue weighted by Gasteiger charge is 2.16. The molecule has 0 radical (unpaired) electrons. The van der Waals surface area contributed by atoms with Crippen molar-refractivity contribution in [3.63, 3.8) is 0 Å². The summed E-state index contributed by atoms with van der Waals surface area (Å²) in [7, 11) is 0. The first-order valence-electron chi connectivity index (χ1n) is 8.21. The van der Waals surface area contributed by atoms with Crippen molar-refractivity contribution in [2.75, 3.05) is 0 Å². The average Bonchev–Trinajstić information content (AvgIpc) is 2.50. The van der Waals surface area contributed by atoms with E-state index >= 15 is 0 Å². The summed E-state index contributed by atoms with van der Waals surface area (Å²) in [5.74, 6) is 0. The Hall–Kier alpha value is -1.62. The van der Waals surface area contributed by atoms with Crippen LogP contribution in [0.15, 0.2) is 6.58 Å². The van der Waals surface area contributed by atoms with Crippen LogP contribution in [-0.4, -0.2) is 4.98 Å². The molecule has 1 heterocycles. The molecule has 0 aromatic carbocycles. The highest BCUT2D eigenvalue weighted by molar-refractivity contribution is 5.71. The third kappa shape index (κ3) is 4.17. The topological polar surface area (TPSA) is 36.7 Å². The van der Waals surface area contributed by atoms with E-state index in [0.717, 1.165) is 42.5 Å². The number of hydrogen-bond donors (Lipinski definition) is 0. The molecule has 0 aliphatic heterocycles. The van der Waals surface area contributed by atoms with E-state index in [1.807, 2.05) is 0 Å². The summed E-state index contributed by atoms with van der Waals surface area (Å²) < 4.78 is 0. The quantitative estimate of drug-likeness (QED) is 0.602. The molecule has 1 aromatic rings. The van der Waals surface area contributed by atoms with Crippen molar-refractivity contribution < 1.29 is 0 Å². The normalized spacial score (nSPS) is 10.4. The predicted molar refractivity (Wildman–Crippen MR) is 90.2 cm³/mol. The van der Waals surface area contributed by atoms with Crippen LogP contribution in [0.1, 0.15) is 81.0 Å². The number of nitrogens with zero attached hydrogens (tertiary/aromatic N) is 2. The molecule has 0 spiro atoms. The maximum atomic E-state index is 9.43. The number of aryl methyl sites for hydroxylation is 1. The van der Waals surface area contributed by atoms with Gasteiger partial charge in [0.1, 0.15) is 11.8 Å². The van der Waals surface area contributed by atoms with Crippen LogP contribution in [0.25, 0.3) is 5.57 Å². The first kappa shape index (κ1) is 17.4. The van der Waals surface area contributed by atoms with Gasteiger partial charge in [-0.3, -0.25) is 0 Å². The first-order valence-corrected chi connectivity index (χ1v) is 8.21. The van der Waals surface area contributed by atoms with Gasteiger partial charge in [0.15, 0.2) is 0 Å². The molecule has 21 heavy (non-hydrogen) atoms. The molecule has 0 unspecified atom stereocenters. The van der Waals surface area contributed by atoms with E-state index in [1.54, 1.807) is 0 Å². The molecular weight excluding hydrogens is 256 g/mol. The number of nitriles is 1. The molecule has 0 amide bonds. The molecule has 0 aliphatic rings. The van der Waals surface area contributed by atoms with Crippen LogP contribution < -0.4 is 0 Å². The average molecular weight is 284 g/mol. The number of aromatic nitrogens is 1. The van der Waals surface area contributed by atoms with Crippen molar-refractivity contribution in [2.45, 2.75) is 72.6 Å². The Morgan fingerprint density at radius 1 is 1.14 bits per heavy atom. The fourth-order valence-corrected chi connectivity index (χ4v) is 2.97. The summed E-state index contributed by atoms with van der Waals surface area (Å²) in [4.78, 5) is 4.58. The molecule has 0 saturated heterocycles. The van der Waals surface area contributed by atoms with Crippen molar-refractivity contribution in [1.82, 2.24) is 4.98 Å². The second-order valence-electron chi connectivity index (χ2n) is 5.62. The monoisotopic (exact) mass is 284 g/mol. The molecule has 2 heteroatoms. The lowest BCUT2D eigenvalue weighted by Crippen LogP contribution is -2.07. The summed E-state index contributed by atoms with van der Waals surface area (Å²) in [6, 6.07) is 2.27. The van der Waals surface area contributed by atoms with Gasteiger partial charge in [-0.1, -0.05) is 46.6 Å². The summed E-state index contributed by atoms with van der Waals surface area (Å²) in [5.41, 5.74) is 6.20. The summed E-state index contributed by atoms with van der Waals surface area (Å²) in [5, 5.41) is 9.43. The molecule has 2 nitrogen and oxygen atoms in total. The Bertz CT molecular complexity index is 535. The third-order valence-corrected chi connectivity index (χ3v) is 4.14. The van der Waals surface area contributed by atoms with Crippen LogP contribution in [0.4, 0.5) is 0 Å². The van der Waals surface area contributed by atoms with Gasteiger partial charge in [-0.2, -0.15) is 5.26 Å². The van der Waals surface area contributed by atoms with E-state index in [9.17, 15) is 5.26 Å². The molecule has 114 valence electrons. The second-order valence-corrected chi connectivity index (χ2v) is 5.62. The Morgan fingerprint density at radius 2 is 1.86 bits per heavy atom. The molecule has 1 rings (SSSR count). The van der Waals surface area contributed by atoms with Gasteiger partial charge in [0.05, 0.1) is 0 Å². The van der Waals surface area contributed by atoms with Gasteiger partial charge >= 0.3 is 0 Å². The molecular formula is C19H28N2. The Labute approximate surface area is 129 Å². The fourth-order valence-electron chi connectivity index (χ4n) is 2.97. The zero-order valence-corrected chi connectivity index (χ0v) is 14.1. The van der Waals surface area contributed by atoms with Gasteiger partial charge in [0.25, 0.3) is 0 Å². The Kier molecular flexibility index (Phi) is 7.15. The standard InChI is InChI=1S/C19H28N2/c1-6-9-10-11-12-14(4)19-15(5)16(7-2)17(8-3)21-18(19)13-20/h4,6-12H2,1-3,5H3. The van der Waals surface area contributed by atoms with Crippen LogP contribution in [-0.2, 0) is 12.8 Å². The summed E-state index contributed by atoms with van der Waals surface area (Å²) >= 11 is 0. The van der Waals surface area contributed by atoms with Crippen LogP contribution in [0.2, 0.25) is 0 Å². The second kappa shape index (κ2) is 8.62. The SMILES string of the molecule is C=C(CCCCCC)c1c(C#N)nc(CC)c(CC)c1C. The van der Waals surface area contributed by atoms with Crippen molar-refractivity contribution >= 4 is 5.57 Å². The lowest BCUT2D eigenvalue weighted by atomic mass is 9.90. The molecule has 0 saturated carbocycles. The number of rotatable bonds is 8. The van der Waals surface area contributed by atoms with Gasteiger partial charge in [-0.15, -0.1) is 0 Å². The minimum Gasteiger partial charge on any atom is -0.241 e. The van der Waals surface area contributed by atoms with E-state index in [2.05, 4.69) is 45.3 Å². The van der Waals surface area contributed by atoms with E-state index in [0.29, 0.717) is 5.69 Å². The van der Waals surface area contributed by atoms with Gasteiger partial charge in [-0.05, 0) is 49.3 Å². The zero-order valence-electron chi connectivity index (χ0n) is 14.1. The zero-order chi connectivity index (χ0) is 15.8. The van der Waals surface area contributed by atoms with Crippen molar-refractivity contribution in [3.05, 3.63) is 34.7 Å². The largest absolute Gasteiger partial charge is 0.241 e. The maximum absolute atomic E-state index is 9.43. The van der Waals surface area contributed by atoms with E-state index in [4.69, 9.17) is 0 Å². The summed E-state index contributed by atoms with van der Waals surface area (Å²) in [6.45, 7) is 12.8. The Morgan fingerprint density at radius 3 is 2.38 bits per heavy atom. The first-order chi connectivity index (χ1) is 10.1. The number of pyridine rings is 1. The minimum absolute atomic E-state index is 0.557. The van der Waals surface area contributed by atoms with Crippen molar-refractivity contribution in [3.8, 4) is 6.07 Å². The maximum Gasteiger partial charge on any atom is 0.148 e. The lowest BCUT2D eigenvalue weighted by Gasteiger charge is -2.17. The highest BCUT2D eigenvalue weighted by atomic mass is 14.7. The molecule has 0 fully saturated rings. The van der Waals surface area contributed by atoms with Gasteiger partial charge in [0, 0.05) is 11.3 Å². The van der Waals surface area contributed by atoms with E-state index in [1.165, 1.54) is 30.4 Å². The fraction of sp³-hybridized carbons (Fsp3) is 0.579. The minimum atomic E-state index is 0.557. The Balaban J connectivity index is 3.10. The molecule has 0 bridgehead atoms. The summed E-state index contributed by atoms with van der Waals surface area (Å²) in [6.07, 6.45) is 7.69. The number of unbranched alkanes of at least 4 members (excludes halogenated alkanes) is 3. The van der Waals surface area contributed by atoms with Crippen LogP contribution in [0.5, 0.6) is 0 Å². The van der Waals surface area contributed by atoms with E-state index < -0.39 is 0 Å². The van der Waals surface area contributed by atoms with Gasteiger partial charge in [-0.25, -0.2) is 4.98 Å². The highest BCUT2D eigenvalue weighted by Crippen LogP contribution is 2.29. The van der Waals surface area contributed by atoms with Crippen LogP contribution in [0, 0.1) is 18.3 Å². The van der Waals surface area contributed by atoms with Crippen LogP contribution in [0.3, 0.4) is 0 Å². The molecule has 0 aliphatic carbocycles. The molecule has 1 aromatic heterocycles. The molecule has 0 atom stereocenters. The predicted octanol–water partition coefficient (Wildman–Crippen LogP) is 5.37.